The zero-order chi connectivity index (χ0) is 18.2. The summed E-state index contributed by atoms with van der Waals surface area (Å²) in [5.41, 5.74) is 2.52. The Morgan fingerprint density at radius 3 is 2.12 bits per heavy atom. The van der Waals surface area contributed by atoms with Gasteiger partial charge in [-0.05, 0) is 46.2 Å². The van der Waals surface area contributed by atoms with E-state index in [9.17, 15) is 0 Å². The molecule has 1 aliphatic rings. The summed E-state index contributed by atoms with van der Waals surface area (Å²) in [5.74, 6) is 0.946. The Balaban J connectivity index is 1.78. The molecule has 132 valence electrons. The first kappa shape index (κ1) is 18.0. The van der Waals surface area contributed by atoms with Gasteiger partial charge in [-0.2, -0.15) is 0 Å². The number of benzene rings is 1. The lowest BCUT2D eigenvalue weighted by Gasteiger charge is -2.32. The van der Waals surface area contributed by atoms with E-state index in [0.717, 1.165) is 23.5 Å². The van der Waals surface area contributed by atoms with Crippen molar-refractivity contribution in [3.63, 3.8) is 0 Å². The Morgan fingerprint density at radius 2 is 1.56 bits per heavy atom. The SMILES string of the molecule is Cc1nc(N(C)Cc2ccccc2)ccc1B1OC(C)(C)C(C)(C)O1. The third-order valence-electron chi connectivity index (χ3n) is 5.27. The Labute approximate surface area is 151 Å². The summed E-state index contributed by atoms with van der Waals surface area (Å²) < 4.78 is 12.3. The second-order valence-electron chi connectivity index (χ2n) is 7.77. The van der Waals surface area contributed by atoms with Crippen LogP contribution in [0, 0.1) is 6.92 Å². The molecule has 0 amide bonds. The van der Waals surface area contributed by atoms with E-state index in [1.807, 2.05) is 19.1 Å². The maximum atomic E-state index is 6.15. The average Bonchev–Trinajstić information content (AvgIpc) is 2.76. The van der Waals surface area contributed by atoms with Crippen LogP contribution in [0.15, 0.2) is 42.5 Å². The van der Waals surface area contributed by atoms with E-state index in [2.05, 4.69) is 70.0 Å². The van der Waals surface area contributed by atoms with Gasteiger partial charge in [-0.25, -0.2) is 4.98 Å². The van der Waals surface area contributed by atoms with E-state index < -0.39 is 0 Å². The molecule has 1 fully saturated rings. The van der Waals surface area contributed by atoms with Crippen molar-refractivity contribution in [2.45, 2.75) is 52.4 Å². The van der Waals surface area contributed by atoms with Gasteiger partial charge in [-0.15, -0.1) is 0 Å². The summed E-state index contributed by atoms with van der Waals surface area (Å²) in [6, 6.07) is 14.5. The van der Waals surface area contributed by atoms with Gasteiger partial charge < -0.3 is 14.2 Å². The predicted molar refractivity (Wildman–Crippen MR) is 103 cm³/mol. The van der Waals surface area contributed by atoms with E-state index >= 15 is 0 Å². The summed E-state index contributed by atoms with van der Waals surface area (Å²) in [4.78, 5) is 6.92. The molecule has 1 aromatic heterocycles. The molecular weight excluding hydrogens is 311 g/mol. The topological polar surface area (TPSA) is 34.6 Å². The van der Waals surface area contributed by atoms with Crippen molar-refractivity contribution in [2.24, 2.45) is 0 Å². The lowest BCUT2D eigenvalue weighted by molar-refractivity contribution is 0.00578. The van der Waals surface area contributed by atoms with Gasteiger partial charge in [0.25, 0.3) is 0 Å². The molecule has 4 nitrogen and oxygen atoms in total. The number of aromatic nitrogens is 1. The van der Waals surface area contributed by atoms with Gasteiger partial charge >= 0.3 is 7.12 Å². The van der Waals surface area contributed by atoms with Crippen molar-refractivity contribution in [3.05, 3.63) is 53.7 Å². The second kappa shape index (κ2) is 6.47. The minimum absolute atomic E-state index is 0.340. The fourth-order valence-corrected chi connectivity index (χ4v) is 2.93. The summed E-state index contributed by atoms with van der Waals surface area (Å²) in [6.07, 6.45) is 0. The standard InChI is InChI=1S/C20H27BN2O2/c1-15-17(21-24-19(2,3)20(4,5)25-21)12-13-18(22-15)23(6)14-16-10-8-7-9-11-16/h7-13H,14H2,1-6H3. The molecule has 2 aromatic rings. The van der Waals surface area contributed by atoms with Gasteiger partial charge in [0.05, 0.1) is 11.2 Å². The van der Waals surface area contributed by atoms with E-state index in [0.29, 0.717) is 0 Å². The van der Waals surface area contributed by atoms with Crippen LogP contribution in [0.1, 0.15) is 39.0 Å². The first-order valence-corrected chi connectivity index (χ1v) is 8.78. The number of hydrogen-bond donors (Lipinski definition) is 0. The smallest absolute Gasteiger partial charge is 0.399 e. The first-order valence-electron chi connectivity index (χ1n) is 8.78. The quantitative estimate of drug-likeness (QED) is 0.801. The molecule has 1 aromatic carbocycles. The predicted octanol–water partition coefficient (Wildman–Crippen LogP) is 3.33. The maximum absolute atomic E-state index is 6.15. The zero-order valence-corrected chi connectivity index (χ0v) is 16.0. The van der Waals surface area contributed by atoms with Crippen molar-refractivity contribution >= 4 is 18.4 Å². The van der Waals surface area contributed by atoms with Crippen molar-refractivity contribution < 1.29 is 9.31 Å². The second-order valence-corrected chi connectivity index (χ2v) is 7.77. The lowest BCUT2D eigenvalue weighted by atomic mass is 9.78. The Morgan fingerprint density at radius 1 is 0.960 bits per heavy atom. The van der Waals surface area contributed by atoms with Gasteiger partial charge in [0.2, 0.25) is 0 Å². The monoisotopic (exact) mass is 338 g/mol. The lowest BCUT2D eigenvalue weighted by Crippen LogP contribution is -2.41. The summed E-state index contributed by atoms with van der Waals surface area (Å²) in [5, 5.41) is 0. The highest BCUT2D eigenvalue weighted by Gasteiger charge is 2.52. The van der Waals surface area contributed by atoms with Gasteiger partial charge in [0.15, 0.2) is 0 Å². The Bertz CT molecular complexity index is 731. The van der Waals surface area contributed by atoms with Crippen LogP contribution in [0.25, 0.3) is 0 Å². The van der Waals surface area contributed by atoms with Crippen molar-refractivity contribution in [3.8, 4) is 0 Å². The van der Waals surface area contributed by atoms with Gasteiger partial charge in [0, 0.05) is 24.7 Å². The van der Waals surface area contributed by atoms with E-state index in [1.54, 1.807) is 0 Å². The number of nitrogens with zero attached hydrogens (tertiary/aromatic N) is 2. The number of anilines is 1. The molecule has 0 spiro atoms. The molecule has 0 bridgehead atoms. The number of hydrogen-bond acceptors (Lipinski definition) is 4. The summed E-state index contributed by atoms with van der Waals surface area (Å²) >= 11 is 0. The summed E-state index contributed by atoms with van der Waals surface area (Å²) in [7, 11) is 1.69. The van der Waals surface area contributed by atoms with Crippen molar-refractivity contribution in [1.82, 2.24) is 4.98 Å². The van der Waals surface area contributed by atoms with E-state index in [1.165, 1.54) is 5.56 Å². The minimum atomic E-state index is -0.369. The molecule has 1 aliphatic heterocycles. The van der Waals surface area contributed by atoms with Crippen molar-refractivity contribution in [2.75, 3.05) is 11.9 Å². The number of pyridine rings is 1. The van der Waals surface area contributed by atoms with Crippen LogP contribution in [0.2, 0.25) is 0 Å². The van der Waals surface area contributed by atoms with Crippen LogP contribution >= 0.6 is 0 Å². The van der Waals surface area contributed by atoms with E-state index in [4.69, 9.17) is 14.3 Å². The largest absolute Gasteiger partial charge is 0.496 e. The highest BCUT2D eigenvalue weighted by atomic mass is 16.7. The first-order chi connectivity index (χ1) is 11.7. The average molecular weight is 338 g/mol. The molecule has 2 heterocycles. The third-order valence-corrected chi connectivity index (χ3v) is 5.27. The highest BCUT2D eigenvalue weighted by molar-refractivity contribution is 6.62. The maximum Gasteiger partial charge on any atom is 0.496 e. The fraction of sp³-hybridized carbons (Fsp3) is 0.450. The Kier molecular flexibility index (Phi) is 4.65. The molecular formula is C20H27BN2O2. The molecule has 0 saturated carbocycles. The van der Waals surface area contributed by atoms with Crippen LogP contribution < -0.4 is 10.4 Å². The normalized spacial score (nSPS) is 18.4. The molecule has 3 rings (SSSR count). The molecule has 0 aliphatic carbocycles. The van der Waals surface area contributed by atoms with E-state index in [-0.39, 0.29) is 18.3 Å². The zero-order valence-electron chi connectivity index (χ0n) is 16.0. The minimum Gasteiger partial charge on any atom is -0.399 e. The van der Waals surface area contributed by atoms with Crippen LogP contribution in [0.3, 0.4) is 0 Å². The molecule has 0 N–H and O–H groups in total. The van der Waals surface area contributed by atoms with Crippen LogP contribution in [0.4, 0.5) is 5.82 Å². The van der Waals surface area contributed by atoms with Gasteiger partial charge in [0.1, 0.15) is 5.82 Å². The van der Waals surface area contributed by atoms with Crippen molar-refractivity contribution in [1.29, 1.82) is 0 Å². The third kappa shape index (κ3) is 3.58. The molecule has 5 heteroatoms. The molecule has 0 unspecified atom stereocenters. The van der Waals surface area contributed by atoms with Gasteiger partial charge in [-0.3, -0.25) is 0 Å². The molecule has 1 saturated heterocycles. The summed E-state index contributed by atoms with van der Waals surface area (Å²) in [6.45, 7) is 11.1. The van der Waals surface area contributed by atoms with Crippen LogP contribution in [-0.4, -0.2) is 30.4 Å². The number of aryl methyl sites for hydroxylation is 1. The van der Waals surface area contributed by atoms with Gasteiger partial charge in [-0.1, -0.05) is 36.4 Å². The van der Waals surface area contributed by atoms with Crippen LogP contribution in [-0.2, 0) is 15.9 Å². The number of rotatable bonds is 4. The molecule has 0 radical (unpaired) electrons. The highest BCUT2D eigenvalue weighted by Crippen LogP contribution is 2.36. The van der Waals surface area contributed by atoms with Crippen LogP contribution in [0.5, 0.6) is 0 Å². The Hall–Kier alpha value is -1.85. The fourth-order valence-electron chi connectivity index (χ4n) is 2.93. The molecule has 25 heavy (non-hydrogen) atoms. The molecule has 0 atom stereocenters.